The Morgan fingerprint density at radius 3 is 2.52 bits per heavy atom. The molecule has 0 aliphatic carbocycles. The predicted octanol–water partition coefficient (Wildman–Crippen LogP) is 3.74. The van der Waals surface area contributed by atoms with Gasteiger partial charge in [0.1, 0.15) is 0 Å². The number of pyridine rings is 1. The molecule has 0 radical (unpaired) electrons. The van der Waals surface area contributed by atoms with Crippen LogP contribution in [0.1, 0.15) is 32.6 Å². The van der Waals surface area contributed by atoms with Gasteiger partial charge >= 0.3 is 0 Å². The monoisotopic (exact) mass is 409 g/mol. The van der Waals surface area contributed by atoms with Crippen molar-refractivity contribution in [3.05, 3.63) is 88.7 Å². The number of aromatic nitrogens is 1. The first-order valence-corrected chi connectivity index (χ1v) is 10.6. The molecule has 3 aromatic rings. The topological polar surface area (TPSA) is 88.2 Å². The highest BCUT2D eigenvalue weighted by molar-refractivity contribution is 7.92. The van der Waals surface area contributed by atoms with Crippen molar-refractivity contribution < 1.29 is 13.2 Å². The number of rotatable bonds is 6. The van der Waals surface area contributed by atoms with Crippen LogP contribution in [0.15, 0.2) is 65.8 Å². The molecule has 150 valence electrons. The fourth-order valence-electron chi connectivity index (χ4n) is 2.88. The highest BCUT2D eigenvalue weighted by Crippen LogP contribution is 2.24. The Balaban J connectivity index is 1.84. The lowest BCUT2D eigenvalue weighted by atomic mass is 10.1. The summed E-state index contributed by atoms with van der Waals surface area (Å²) in [4.78, 5) is 16.6. The van der Waals surface area contributed by atoms with E-state index in [1.165, 1.54) is 6.07 Å². The van der Waals surface area contributed by atoms with Crippen molar-refractivity contribution >= 4 is 21.6 Å². The Hall–Kier alpha value is -3.19. The van der Waals surface area contributed by atoms with Crippen LogP contribution in [0, 0.1) is 20.8 Å². The van der Waals surface area contributed by atoms with Crippen molar-refractivity contribution in [2.45, 2.75) is 32.2 Å². The van der Waals surface area contributed by atoms with E-state index in [1.54, 1.807) is 49.6 Å². The molecule has 0 saturated carbocycles. The number of amides is 1. The quantitative estimate of drug-likeness (QED) is 0.649. The number of aryl methyl sites for hydroxylation is 2. The number of carbonyl (C=O) groups excluding carboxylic acids is 1. The molecule has 0 aliphatic heterocycles. The molecule has 2 aromatic carbocycles. The first kappa shape index (κ1) is 20.5. The Morgan fingerprint density at radius 2 is 1.79 bits per heavy atom. The number of nitrogens with zero attached hydrogens (tertiary/aromatic N) is 1. The second-order valence-corrected chi connectivity index (χ2v) is 8.53. The van der Waals surface area contributed by atoms with Crippen LogP contribution >= 0.6 is 0 Å². The summed E-state index contributed by atoms with van der Waals surface area (Å²) in [5.41, 5.74) is 4.07. The standard InChI is InChI=1S/C22H23N3O3S/c1-15-6-4-8-20(17(15)3)25-29(27,28)21-12-19(10-9-16(21)2)22(26)24-14-18-7-5-11-23-13-18/h4-13,25H,14H2,1-3H3,(H,24,26). The molecule has 0 atom stereocenters. The van der Waals surface area contributed by atoms with E-state index < -0.39 is 10.0 Å². The molecule has 3 rings (SSSR count). The first-order valence-electron chi connectivity index (χ1n) is 9.15. The molecule has 2 N–H and O–H groups in total. The molecule has 0 spiro atoms. The zero-order chi connectivity index (χ0) is 21.0. The van der Waals surface area contributed by atoms with Gasteiger partial charge < -0.3 is 5.32 Å². The average Bonchev–Trinajstić information content (AvgIpc) is 2.70. The lowest BCUT2D eigenvalue weighted by molar-refractivity contribution is 0.0950. The van der Waals surface area contributed by atoms with E-state index >= 15 is 0 Å². The third kappa shape index (κ3) is 4.81. The normalized spacial score (nSPS) is 11.1. The van der Waals surface area contributed by atoms with Gasteiger partial charge in [-0.1, -0.05) is 24.3 Å². The summed E-state index contributed by atoms with van der Waals surface area (Å²) < 4.78 is 28.6. The number of benzene rings is 2. The molecule has 7 heteroatoms. The molecule has 0 aliphatic rings. The average molecular weight is 410 g/mol. The summed E-state index contributed by atoms with van der Waals surface area (Å²) in [6.07, 6.45) is 3.32. The third-order valence-electron chi connectivity index (χ3n) is 4.76. The van der Waals surface area contributed by atoms with Crippen molar-refractivity contribution in [3.8, 4) is 0 Å². The van der Waals surface area contributed by atoms with E-state index in [0.717, 1.165) is 16.7 Å². The molecule has 1 amide bonds. The Bertz CT molecular complexity index is 1140. The van der Waals surface area contributed by atoms with E-state index in [9.17, 15) is 13.2 Å². The van der Waals surface area contributed by atoms with Crippen LogP contribution < -0.4 is 10.0 Å². The van der Waals surface area contributed by atoms with E-state index in [2.05, 4.69) is 15.0 Å². The van der Waals surface area contributed by atoms with Gasteiger partial charge in [0.25, 0.3) is 15.9 Å². The van der Waals surface area contributed by atoms with Gasteiger partial charge in [-0.05, 0) is 67.3 Å². The molecule has 29 heavy (non-hydrogen) atoms. The van der Waals surface area contributed by atoms with Gasteiger partial charge in [-0.25, -0.2) is 8.42 Å². The number of hydrogen-bond acceptors (Lipinski definition) is 4. The maximum Gasteiger partial charge on any atom is 0.262 e. The van der Waals surface area contributed by atoms with E-state index in [1.807, 2.05) is 26.0 Å². The molecule has 1 heterocycles. The molecular formula is C22H23N3O3S. The molecular weight excluding hydrogens is 386 g/mol. The summed E-state index contributed by atoms with van der Waals surface area (Å²) in [6.45, 7) is 5.80. The van der Waals surface area contributed by atoms with Gasteiger partial charge in [0, 0.05) is 24.5 Å². The summed E-state index contributed by atoms with van der Waals surface area (Å²) in [5, 5.41) is 2.79. The van der Waals surface area contributed by atoms with Gasteiger partial charge in [-0.15, -0.1) is 0 Å². The van der Waals surface area contributed by atoms with Gasteiger partial charge in [0.05, 0.1) is 10.6 Å². The SMILES string of the molecule is Cc1ccc(C(=O)NCc2cccnc2)cc1S(=O)(=O)Nc1cccc(C)c1C. The largest absolute Gasteiger partial charge is 0.348 e. The Kier molecular flexibility index (Phi) is 5.98. The van der Waals surface area contributed by atoms with E-state index in [4.69, 9.17) is 0 Å². The van der Waals surface area contributed by atoms with Gasteiger partial charge in [0.15, 0.2) is 0 Å². The highest BCUT2D eigenvalue weighted by Gasteiger charge is 2.20. The summed E-state index contributed by atoms with van der Waals surface area (Å²) in [5.74, 6) is -0.350. The summed E-state index contributed by atoms with van der Waals surface area (Å²) >= 11 is 0. The number of hydrogen-bond donors (Lipinski definition) is 2. The maximum absolute atomic E-state index is 13.0. The fourth-order valence-corrected chi connectivity index (χ4v) is 4.27. The molecule has 0 bridgehead atoms. The Labute approximate surface area is 171 Å². The highest BCUT2D eigenvalue weighted by atomic mass is 32.2. The number of nitrogens with one attached hydrogen (secondary N) is 2. The fraction of sp³-hybridized carbons (Fsp3) is 0.182. The Morgan fingerprint density at radius 1 is 1.00 bits per heavy atom. The van der Waals surface area contributed by atoms with Crippen molar-refractivity contribution in [1.82, 2.24) is 10.3 Å². The maximum atomic E-state index is 13.0. The lowest BCUT2D eigenvalue weighted by Gasteiger charge is -2.14. The molecule has 0 fully saturated rings. The van der Waals surface area contributed by atoms with Crippen LogP contribution in [-0.2, 0) is 16.6 Å². The first-order chi connectivity index (χ1) is 13.8. The summed E-state index contributed by atoms with van der Waals surface area (Å²) in [7, 11) is -3.85. The number of carbonyl (C=O) groups is 1. The minimum absolute atomic E-state index is 0.0763. The minimum Gasteiger partial charge on any atom is -0.348 e. The van der Waals surface area contributed by atoms with Crippen LogP contribution in [0.3, 0.4) is 0 Å². The van der Waals surface area contributed by atoms with Gasteiger partial charge in [0.2, 0.25) is 0 Å². The van der Waals surface area contributed by atoms with Gasteiger partial charge in [-0.2, -0.15) is 0 Å². The number of anilines is 1. The van der Waals surface area contributed by atoms with Crippen molar-refractivity contribution in [2.24, 2.45) is 0 Å². The van der Waals surface area contributed by atoms with Crippen LogP contribution in [0.25, 0.3) is 0 Å². The second-order valence-electron chi connectivity index (χ2n) is 6.88. The minimum atomic E-state index is -3.85. The molecule has 1 aromatic heterocycles. The molecule has 6 nitrogen and oxygen atoms in total. The second kappa shape index (κ2) is 8.45. The van der Waals surface area contributed by atoms with E-state index in [0.29, 0.717) is 17.8 Å². The smallest absolute Gasteiger partial charge is 0.262 e. The zero-order valence-corrected chi connectivity index (χ0v) is 17.4. The zero-order valence-electron chi connectivity index (χ0n) is 16.6. The summed E-state index contributed by atoms with van der Waals surface area (Å²) in [6, 6.07) is 13.7. The molecule has 0 saturated heterocycles. The lowest BCUT2D eigenvalue weighted by Crippen LogP contribution is -2.23. The van der Waals surface area contributed by atoms with Crippen LogP contribution in [0.2, 0.25) is 0 Å². The van der Waals surface area contributed by atoms with Crippen LogP contribution in [0.5, 0.6) is 0 Å². The van der Waals surface area contributed by atoms with Crippen molar-refractivity contribution in [1.29, 1.82) is 0 Å². The third-order valence-corrected chi connectivity index (χ3v) is 6.27. The van der Waals surface area contributed by atoms with Crippen LogP contribution in [0.4, 0.5) is 5.69 Å². The van der Waals surface area contributed by atoms with E-state index in [-0.39, 0.29) is 16.4 Å². The molecule has 0 unspecified atom stereocenters. The van der Waals surface area contributed by atoms with Crippen molar-refractivity contribution in [2.75, 3.05) is 4.72 Å². The van der Waals surface area contributed by atoms with Crippen molar-refractivity contribution in [3.63, 3.8) is 0 Å². The van der Waals surface area contributed by atoms with Crippen LogP contribution in [-0.4, -0.2) is 19.3 Å². The predicted molar refractivity (Wildman–Crippen MR) is 113 cm³/mol. The number of sulfonamides is 1. The van der Waals surface area contributed by atoms with Gasteiger partial charge in [-0.3, -0.25) is 14.5 Å².